The standard InChI is InChI=1S/C13H12N2O3/c16-13(10-6-14-8-15-7-10)9-1-2-11-12(5-9)18-4-3-17-11/h1-2,5-8,13,16H,3-4H2. The van der Waals surface area contributed by atoms with Crippen LogP contribution in [0.15, 0.2) is 36.9 Å². The Labute approximate surface area is 104 Å². The van der Waals surface area contributed by atoms with E-state index in [1.807, 2.05) is 6.07 Å². The molecule has 18 heavy (non-hydrogen) atoms. The van der Waals surface area contributed by atoms with Crippen LogP contribution in [0.5, 0.6) is 11.5 Å². The summed E-state index contributed by atoms with van der Waals surface area (Å²) in [6.45, 7) is 1.09. The summed E-state index contributed by atoms with van der Waals surface area (Å²) >= 11 is 0. The summed E-state index contributed by atoms with van der Waals surface area (Å²) in [6, 6.07) is 5.40. The van der Waals surface area contributed by atoms with Crippen LogP contribution in [0.1, 0.15) is 17.2 Å². The molecule has 3 rings (SSSR count). The maximum atomic E-state index is 10.2. The second kappa shape index (κ2) is 4.62. The average molecular weight is 244 g/mol. The van der Waals surface area contributed by atoms with Crippen LogP contribution in [-0.4, -0.2) is 28.3 Å². The minimum Gasteiger partial charge on any atom is -0.486 e. The molecule has 5 heteroatoms. The quantitative estimate of drug-likeness (QED) is 0.863. The van der Waals surface area contributed by atoms with Crippen molar-refractivity contribution in [3.05, 3.63) is 48.0 Å². The minimum atomic E-state index is -0.762. The van der Waals surface area contributed by atoms with Gasteiger partial charge in [-0.25, -0.2) is 9.97 Å². The van der Waals surface area contributed by atoms with Crippen molar-refractivity contribution in [1.82, 2.24) is 9.97 Å². The second-order valence-corrected chi connectivity index (χ2v) is 3.98. The molecular formula is C13H12N2O3. The lowest BCUT2D eigenvalue weighted by molar-refractivity contribution is 0.169. The molecule has 0 fully saturated rings. The molecular weight excluding hydrogens is 232 g/mol. The van der Waals surface area contributed by atoms with Crippen molar-refractivity contribution >= 4 is 0 Å². The highest BCUT2D eigenvalue weighted by Gasteiger charge is 2.16. The van der Waals surface area contributed by atoms with Gasteiger partial charge < -0.3 is 14.6 Å². The molecule has 1 N–H and O–H groups in total. The average Bonchev–Trinajstić information content (AvgIpc) is 2.47. The van der Waals surface area contributed by atoms with Gasteiger partial charge in [-0.3, -0.25) is 0 Å². The highest BCUT2D eigenvalue weighted by Crippen LogP contribution is 2.33. The van der Waals surface area contributed by atoms with E-state index in [-0.39, 0.29) is 0 Å². The van der Waals surface area contributed by atoms with Crippen molar-refractivity contribution < 1.29 is 14.6 Å². The number of ether oxygens (including phenoxy) is 2. The maximum Gasteiger partial charge on any atom is 0.161 e. The lowest BCUT2D eigenvalue weighted by Gasteiger charge is -2.20. The number of fused-ring (bicyclic) bond motifs is 1. The molecule has 0 radical (unpaired) electrons. The number of aromatic nitrogens is 2. The summed E-state index contributed by atoms with van der Waals surface area (Å²) in [7, 11) is 0. The van der Waals surface area contributed by atoms with Crippen LogP contribution >= 0.6 is 0 Å². The van der Waals surface area contributed by atoms with E-state index in [2.05, 4.69) is 9.97 Å². The molecule has 5 nitrogen and oxygen atoms in total. The highest BCUT2D eigenvalue weighted by atomic mass is 16.6. The van der Waals surface area contributed by atoms with Gasteiger partial charge in [-0.15, -0.1) is 0 Å². The van der Waals surface area contributed by atoms with Crippen molar-refractivity contribution in [1.29, 1.82) is 0 Å². The number of benzene rings is 1. The number of nitrogens with zero attached hydrogens (tertiary/aromatic N) is 2. The first-order valence-corrected chi connectivity index (χ1v) is 5.67. The molecule has 0 saturated carbocycles. The molecule has 92 valence electrons. The zero-order chi connectivity index (χ0) is 12.4. The van der Waals surface area contributed by atoms with Crippen LogP contribution in [0.2, 0.25) is 0 Å². The first kappa shape index (κ1) is 11.0. The van der Waals surface area contributed by atoms with Gasteiger partial charge in [-0.1, -0.05) is 6.07 Å². The van der Waals surface area contributed by atoms with Crippen molar-refractivity contribution in [2.45, 2.75) is 6.10 Å². The van der Waals surface area contributed by atoms with Gasteiger partial charge in [0.15, 0.2) is 11.5 Å². The number of hydrogen-bond acceptors (Lipinski definition) is 5. The van der Waals surface area contributed by atoms with Crippen molar-refractivity contribution in [3.8, 4) is 11.5 Å². The molecule has 0 spiro atoms. The molecule has 2 heterocycles. The van der Waals surface area contributed by atoms with E-state index >= 15 is 0 Å². The van der Waals surface area contributed by atoms with Crippen LogP contribution < -0.4 is 9.47 Å². The Morgan fingerprint density at radius 1 is 1.00 bits per heavy atom. The van der Waals surface area contributed by atoms with Crippen molar-refractivity contribution in [3.63, 3.8) is 0 Å². The normalized spacial score (nSPS) is 15.2. The molecule has 0 aliphatic carbocycles. The van der Waals surface area contributed by atoms with Gasteiger partial charge in [0.1, 0.15) is 25.6 Å². The summed E-state index contributed by atoms with van der Waals surface area (Å²) in [5, 5.41) is 10.2. The number of aliphatic hydroxyl groups excluding tert-OH is 1. The van der Waals surface area contributed by atoms with E-state index in [1.54, 1.807) is 24.5 Å². The minimum absolute atomic E-state index is 0.529. The van der Waals surface area contributed by atoms with E-state index in [0.717, 1.165) is 5.56 Å². The molecule has 1 aliphatic rings. The first-order chi connectivity index (χ1) is 8.84. The molecule has 1 aliphatic heterocycles. The fourth-order valence-electron chi connectivity index (χ4n) is 1.87. The molecule has 1 aromatic heterocycles. The zero-order valence-electron chi connectivity index (χ0n) is 9.61. The topological polar surface area (TPSA) is 64.5 Å². The fraction of sp³-hybridized carbons (Fsp3) is 0.231. The molecule has 1 unspecified atom stereocenters. The van der Waals surface area contributed by atoms with Gasteiger partial charge in [0, 0.05) is 18.0 Å². The van der Waals surface area contributed by atoms with E-state index in [0.29, 0.717) is 30.3 Å². The Balaban J connectivity index is 1.93. The maximum absolute atomic E-state index is 10.2. The van der Waals surface area contributed by atoms with Crippen LogP contribution in [0.3, 0.4) is 0 Å². The largest absolute Gasteiger partial charge is 0.486 e. The molecule has 2 aromatic rings. The van der Waals surface area contributed by atoms with Crippen molar-refractivity contribution in [2.24, 2.45) is 0 Å². The summed E-state index contributed by atoms with van der Waals surface area (Å²) in [6.07, 6.45) is 3.85. The molecule has 0 amide bonds. The zero-order valence-corrected chi connectivity index (χ0v) is 9.61. The predicted octanol–water partition coefficient (Wildman–Crippen LogP) is 1.33. The Kier molecular flexibility index (Phi) is 2.82. The van der Waals surface area contributed by atoms with Gasteiger partial charge in [-0.05, 0) is 17.7 Å². The van der Waals surface area contributed by atoms with Crippen LogP contribution in [0, 0.1) is 0 Å². The summed E-state index contributed by atoms with van der Waals surface area (Å²) in [5.74, 6) is 1.37. The fourth-order valence-corrected chi connectivity index (χ4v) is 1.87. The molecule has 0 bridgehead atoms. The predicted molar refractivity (Wildman–Crippen MR) is 63.5 cm³/mol. The van der Waals surface area contributed by atoms with Gasteiger partial charge in [0.25, 0.3) is 0 Å². The smallest absolute Gasteiger partial charge is 0.161 e. The summed E-state index contributed by atoms with van der Waals surface area (Å²) < 4.78 is 10.9. The Morgan fingerprint density at radius 3 is 2.50 bits per heavy atom. The highest BCUT2D eigenvalue weighted by molar-refractivity contribution is 5.45. The third-order valence-electron chi connectivity index (χ3n) is 2.78. The van der Waals surface area contributed by atoms with Crippen molar-refractivity contribution in [2.75, 3.05) is 13.2 Å². The van der Waals surface area contributed by atoms with Crippen LogP contribution in [0.25, 0.3) is 0 Å². The van der Waals surface area contributed by atoms with Gasteiger partial charge in [-0.2, -0.15) is 0 Å². The van der Waals surface area contributed by atoms with E-state index < -0.39 is 6.10 Å². The van der Waals surface area contributed by atoms with E-state index in [1.165, 1.54) is 6.33 Å². The third-order valence-corrected chi connectivity index (χ3v) is 2.78. The second-order valence-electron chi connectivity index (χ2n) is 3.98. The molecule has 1 aromatic carbocycles. The summed E-state index contributed by atoms with van der Waals surface area (Å²) in [5.41, 5.74) is 1.38. The Morgan fingerprint density at radius 2 is 1.72 bits per heavy atom. The number of hydrogen-bond donors (Lipinski definition) is 1. The summed E-state index contributed by atoms with van der Waals surface area (Å²) in [4.78, 5) is 7.78. The van der Waals surface area contributed by atoms with Gasteiger partial charge >= 0.3 is 0 Å². The van der Waals surface area contributed by atoms with E-state index in [4.69, 9.17) is 9.47 Å². The molecule has 0 saturated heterocycles. The molecule has 1 atom stereocenters. The number of rotatable bonds is 2. The van der Waals surface area contributed by atoms with Crippen LogP contribution in [-0.2, 0) is 0 Å². The first-order valence-electron chi connectivity index (χ1n) is 5.67. The Hall–Kier alpha value is -2.14. The monoisotopic (exact) mass is 244 g/mol. The van der Waals surface area contributed by atoms with E-state index in [9.17, 15) is 5.11 Å². The van der Waals surface area contributed by atoms with Gasteiger partial charge in [0.2, 0.25) is 0 Å². The SMILES string of the molecule is OC(c1cncnc1)c1ccc2c(c1)OCCO2. The Bertz CT molecular complexity index is 545. The van der Waals surface area contributed by atoms with Crippen LogP contribution in [0.4, 0.5) is 0 Å². The third kappa shape index (κ3) is 2.00. The van der Waals surface area contributed by atoms with Gasteiger partial charge in [0.05, 0.1) is 0 Å². The lowest BCUT2D eigenvalue weighted by Crippen LogP contribution is -2.15. The lowest BCUT2D eigenvalue weighted by atomic mass is 10.0. The number of aliphatic hydroxyl groups is 1.